The van der Waals surface area contributed by atoms with Crippen LogP contribution in [-0.4, -0.2) is 13.1 Å². The molecule has 0 atom stereocenters. The summed E-state index contributed by atoms with van der Waals surface area (Å²) in [7, 11) is 1.48. The molecule has 3 rings (SSSR count). The van der Waals surface area contributed by atoms with Gasteiger partial charge in [-0.2, -0.15) is 0 Å². The first-order chi connectivity index (χ1) is 8.78. The largest absolute Gasteiger partial charge is 0.468 e. The Labute approximate surface area is 107 Å². The van der Waals surface area contributed by atoms with Gasteiger partial charge in [-0.05, 0) is 29.2 Å². The number of carbonyl (C=O) groups excluding carboxylic acids is 1. The summed E-state index contributed by atoms with van der Waals surface area (Å²) < 4.78 is 5.02. The summed E-state index contributed by atoms with van der Waals surface area (Å²) in [5.74, 6) is -0.0925. The molecule has 1 saturated carbocycles. The molecule has 2 heteroatoms. The smallest absolute Gasteiger partial charge is 0.316 e. The number of hydrogen-bond donors (Lipinski definition) is 0. The zero-order chi connectivity index (χ0) is 12.6. The second kappa shape index (κ2) is 4.13. The van der Waals surface area contributed by atoms with Crippen LogP contribution >= 0.6 is 0 Å². The highest BCUT2D eigenvalue weighted by Gasteiger charge is 2.47. The first kappa shape index (κ1) is 11.3. The molecule has 0 N–H and O–H groups in total. The van der Waals surface area contributed by atoms with Crippen molar-refractivity contribution < 1.29 is 9.53 Å². The molecule has 92 valence electrons. The average molecular weight is 240 g/mol. The Balaban J connectivity index is 2.22. The Morgan fingerprint density at radius 2 is 1.83 bits per heavy atom. The molecule has 0 radical (unpaired) electrons. The maximum absolute atomic E-state index is 12.1. The first-order valence-corrected chi connectivity index (χ1v) is 6.34. The van der Waals surface area contributed by atoms with E-state index in [-0.39, 0.29) is 5.97 Å². The maximum atomic E-state index is 12.1. The van der Waals surface area contributed by atoms with Gasteiger partial charge in [0.2, 0.25) is 0 Å². The molecule has 0 aliphatic heterocycles. The van der Waals surface area contributed by atoms with E-state index in [9.17, 15) is 4.79 Å². The molecule has 0 spiro atoms. The number of carbonyl (C=O) groups is 1. The van der Waals surface area contributed by atoms with Gasteiger partial charge < -0.3 is 4.74 Å². The number of fused-ring (bicyclic) bond motifs is 1. The van der Waals surface area contributed by atoms with Gasteiger partial charge >= 0.3 is 5.97 Å². The minimum absolute atomic E-state index is 0.0925. The van der Waals surface area contributed by atoms with Gasteiger partial charge in [-0.15, -0.1) is 0 Å². The van der Waals surface area contributed by atoms with Gasteiger partial charge in [0, 0.05) is 0 Å². The number of methoxy groups -OCH3 is 1. The van der Waals surface area contributed by atoms with Crippen LogP contribution in [0.15, 0.2) is 42.5 Å². The highest BCUT2D eigenvalue weighted by atomic mass is 16.5. The van der Waals surface area contributed by atoms with E-state index >= 15 is 0 Å². The van der Waals surface area contributed by atoms with E-state index in [1.165, 1.54) is 17.9 Å². The third-order valence-corrected chi connectivity index (χ3v) is 4.09. The molecule has 0 saturated heterocycles. The number of benzene rings is 2. The van der Waals surface area contributed by atoms with Gasteiger partial charge in [0.1, 0.15) is 0 Å². The highest BCUT2D eigenvalue weighted by molar-refractivity contribution is 5.94. The standard InChI is InChI=1S/C16H16O2/c1-18-15(17)16(10-5-11-16)14-9-4-7-12-6-2-3-8-13(12)14/h2-4,6-9H,5,10-11H2,1H3. The predicted molar refractivity (Wildman–Crippen MR) is 71.5 cm³/mol. The predicted octanol–water partition coefficient (Wildman–Crippen LogP) is 3.43. The summed E-state index contributed by atoms with van der Waals surface area (Å²) in [6.45, 7) is 0. The van der Waals surface area contributed by atoms with Crippen LogP contribution in [0.3, 0.4) is 0 Å². The zero-order valence-electron chi connectivity index (χ0n) is 10.5. The lowest BCUT2D eigenvalue weighted by Gasteiger charge is -2.40. The van der Waals surface area contributed by atoms with Crippen LogP contribution in [0.4, 0.5) is 0 Å². The van der Waals surface area contributed by atoms with Crippen molar-refractivity contribution in [1.82, 2.24) is 0 Å². The topological polar surface area (TPSA) is 26.3 Å². The van der Waals surface area contributed by atoms with Gasteiger partial charge in [0.05, 0.1) is 12.5 Å². The summed E-state index contributed by atoms with van der Waals surface area (Å²) in [4.78, 5) is 12.1. The van der Waals surface area contributed by atoms with E-state index in [2.05, 4.69) is 24.3 Å². The van der Waals surface area contributed by atoms with Crippen molar-refractivity contribution in [3.05, 3.63) is 48.0 Å². The second-order valence-corrected chi connectivity index (χ2v) is 4.95. The molecule has 0 unspecified atom stereocenters. The van der Waals surface area contributed by atoms with Crippen LogP contribution in [-0.2, 0) is 14.9 Å². The fourth-order valence-corrected chi connectivity index (χ4v) is 2.95. The highest BCUT2D eigenvalue weighted by Crippen LogP contribution is 2.46. The summed E-state index contributed by atoms with van der Waals surface area (Å²) in [6, 6.07) is 14.4. The van der Waals surface area contributed by atoms with E-state index in [1.807, 2.05) is 18.2 Å². The molecule has 2 nitrogen and oxygen atoms in total. The van der Waals surface area contributed by atoms with Gasteiger partial charge in [0.15, 0.2) is 0 Å². The lowest BCUT2D eigenvalue weighted by molar-refractivity contribution is -0.151. The van der Waals surface area contributed by atoms with E-state index in [0.29, 0.717) is 0 Å². The molecule has 1 fully saturated rings. The minimum Gasteiger partial charge on any atom is -0.468 e. The van der Waals surface area contributed by atoms with Crippen molar-refractivity contribution >= 4 is 16.7 Å². The number of hydrogen-bond acceptors (Lipinski definition) is 2. The van der Waals surface area contributed by atoms with Crippen LogP contribution in [0.5, 0.6) is 0 Å². The molecule has 0 heterocycles. The van der Waals surface area contributed by atoms with Gasteiger partial charge in [-0.25, -0.2) is 0 Å². The molecule has 2 aromatic carbocycles. The Bertz CT molecular complexity index is 592. The molecule has 1 aliphatic rings. The molecule has 18 heavy (non-hydrogen) atoms. The number of esters is 1. The normalized spacial score (nSPS) is 17.2. The molecule has 1 aliphatic carbocycles. The molecule has 0 aromatic heterocycles. The average Bonchev–Trinajstić information content (AvgIpc) is 2.37. The Hall–Kier alpha value is -1.83. The fraction of sp³-hybridized carbons (Fsp3) is 0.312. The minimum atomic E-state index is -0.407. The number of rotatable bonds is 2. The Morgan fingerprint density at radius 3 is 2.50 bits per heavy atom. The molecule has 0 amide bonds. The third kappa shape index (κ3) is 1.45. The van der Waals surface area contributed by atoms with Gasteiger partial charge in [-0.1, -0.05) is 48.9 Å². The monoisotopic (exact) mass is 240 g/mol. The maximum Gasteiger partial charge on any atom is 0.316 e. The summed E-state index contributed by atoms with van der Waals surface area (Å²) in [5.41, 5.74) is 0.717. The van der Waals surface area contributed by atoms with E-state index in [1.54, 1.807) is 0 Å². The van der Waals surface area contributed by atoms with E-state index in [0.717, 1.165) is 24.8 Å². The lowest BCUT2D eigenvalue weighted by atomic mass is 9.63. The van der Waals surface area contributed by atoms with E-state index < -0.39 is 5.41 Å². The molecule has 0 bridgehead atoms. The third-order valence-electron chi connectivity index (χ3n) is 4.09. The fourth-order valence-electron chi connectivity index (χ4n) is 2.95. The van der Waals surface area contributed by atoms with Crippen LogP contribution in [0.25, 0.3) is 10.8 Å². The second-order valence-electron chi connectivity index (χ2n) is 4.95. The van der Waals surface area contributed by atoms with Crippen molar-refractivity contribution in [2.24, 2.45) is 0 Å². The molecule has 2 aromatic rings. The van der Waals surface area contributed by atoms with E-state index in [4.69, 9.17) is 4.74 Å². The summed E-state index contributed by atoms with van der Waals surface area (Å²) in [6.07, 6.45) is 2.89. The Morgan fingerprint density at radius 1 is 1.11 bits per heavy atom. The van der Waals surface area contributed by atoms with Crippen LogP contribution in [0.2, 0.25) is 0 Å². The Kier molecular flexibility index (Phi) is 2.58. The van der Waals surface area contributed by atoms with Crippen LogP contribution in [0.1, 0.15) is 24.8 Å². The molecular formula is C16H16O2. The summed E-state index contributed by atoms with van der Waals surface area (Å²) in [5, 5.41) is 2.36. The van der Waals surface area contributed by atoms with Crippen molar-refractivity contribution in [3.63, 3.8) is 0 Å². The number of ether oxygens (including phenoxy) is 1. The zero-order valence-corrected chi connectivity index (χ0v) is 10.5. The van der Waals surface area contributed by atoms with Crippen molar-refractivity contribution in [1.29, 1.82) is 0 Å². The van der Waals surface area contributed by atoms with Gasteiger partial charge in [-0.3, -0.25) is 4.79 Å². The van der Waals surface area contributed by atoms with Crippen molar-refractivity contribution in [2.75, 3.05) is 7.11 Å². The lowest BCUT2D eigenvalue weighted by Crippen LogP contribution is -2.43. The van der Waals surface area contributed by atoms with Crippen molar-refractivity contribution in [2.45, 2.75) is 24.7 Å². The van der Waals surface area contributed by atoms with Crippen LogP contribution in [0, 0.1) is 0 Å². The molecular weight excluding hydrogens is 224 g/mol. The SMILES string of the molecule is COC(=O)C1(c2cccc3ccccc23)CCC1. The van der Waals surface area contributed by atoms with Gasteiger partial charge in [0.25, 0.3) is 0 Å². The summed E-state index contributed by atoms with van der Waals surface area (Å²) >= 11 is 0. The quantitative estimate of drug-likeness (QED) is 0.752. The van der Waals surface area contributed by atoms with Crippen LogP contribution < -0.4 is 0 Å². The first-order valence-electron chi connectivity index (χ1n) is 6.34. The van der Waals surface area contributed by atoms with Crippen molar-refractivity contribution in [3.8, 4) is 0 Å².